The molecule has 1 atom stereocenters. The molecule has 0 radical (unpaired) electrons. The molecule has 1 rings (SSSR count). The second kappa shape index (κ2) is 3.18. The normalized spacial score (nSPS) is 24.2. The lowest BCUT2D eigenvalue weighted by Crippen LogP contribution is -2.50. The second-order valence-electron chi connectivity index (χ2n) is 4.54. The van der Waals surface area contributed by atoms with Crippen molar-refractivity contribution in [2.24, 2.45) is 17.3 Å². The maximum absolute atomic E-state index is 12.8. The van der Waals surface area contributed by atoms with Gasteiger partial charge in [-0.05, 0) is 24.7 Å². The maximum Gasteiger partial charge on any atom is 0.394 e. The molecule has 0 amide bonds. The van der Waals surface area contributed by atoms with Gasteiger partial charge < -0.3 is 0 Å². The van der Waals surface area contributed by atoms with Crippen molar-refractivity contribution in [1.29, 1.82) is 0 Å². The van der Waals surface area contributed by atoms with Crippen LogP contribution in [0, 0.1) is 17.3 Å². The molecule has 3 heteroatoms. The summed E-state index contributed by atoms with van der Waals surface area (Å²) < 4.78 is 38.3. The molecule has 0 spiro atoms. The first kappa shape index (κ1) is 10.9. The molecular formula is C10H17F3. The van der Waals surface area contributed by atoms with Crippen LogP contribution in [-0.4, -0.2) is 6.18 Å². The summed E-state index contributed by atoms with van der Waals surface area (Å²) in [5, 5.41) is 0. The SMILES string of the molecule is CC(C)C(C)C1(C(F)(F)F)CCC1. The Hall–Kier alpha value is -0.210. The summed E-state index contributed by atoms with van der Waals surface area (Å²) >= 11 is 0. The molecule has 1 fully saturated rings. The Kier molecular flexibility index (Phi) is 2.65. The highest BCUT2D eigenvalue weighted by molar-refractivity contribution is 4.98. The van der Waals surface area contributed by atoms with E-state index in [9.17, 15) is 13.2 Å². The van der Waals surface area contributed by atoms with E-state index in [0.717, 1.165) is 6.42 Å². The topological polar surface area (TPSA) is 0 Å². The van der Waals surface area contributed by atoms with Crippen molar-refractivity contribution in [2.75, 3.05) is 0 Å². The van der Waals surface area contributed by atoms with Crippen molar-refractivity contribution in [3.8, 4) is 0 Å². The first-order valence-electron chi connectivity index (χ1n) is 4.88. The zero-order valence-corrected chi connectivity index (χ0v) is 8.41. The number of alkyl halides is 3. The van der Waals surface area contributed by atoms with Crippen LogP contribution in [0.3, 0.4) is 0 Å². The molecule has 78 valence electrons. The summed E-state index contributed by atoms with van der Waals surface area (Å²) in [6.45, 7) is 5.48. The van der Waals surface area contributed by atoms with E-state index in [1.165, 1.54) is 0 Å². The fraction of sp³-hybridized carbons (Fsp3) is 1.00. The summed E-state index contributed by atoms with van der Waals surface area (Å²) in [4.78, 5) is 0. The average Bonchev–Trinajstić information content (AvgIpc) is 1.80. The fourth-order valence-electron chi connectivity index (χ4n) is 2.19. The van der Waals surface area contributed by atoms with Crippen molar-refractivity contribution in [2.45, 2.75) is 46.2 Å². The maximum atomic E-state index is 12.8. The van der Waals surface area contributed by atoms with Crippen molar-refractivity contribution in [3.63, 3.8) is 0 Å². The average molecular weight is 194 g/mol. The smallest absolute Gasteiger partial charge is 0.170 e. The van der Waals surface area contributed by atoms with Crippen LogP contribution in [-0.2, 0) is 0 Å². The molecule has 0 aromatic rings. The zero-order chi connectivity index (χ0) is 10.3. The molecule has 1 aliphatic carbocycles. The van der Waals surface area contributed by atoms with Gasteiger partial charge in [0.1, 0.15) is 0 Å². The Morgan fingerprint density at radius 1 is 1.08 bits per heavy atom. The van der Waals surface area contributed by atoms with E-state index >= 15 is 0 Å². The zero-order valence-electron chi connectivity index (χ0n) is 8.41. The van der Waals surface area contributed by atoms with Gasteiger partial charge in [0.25, 0.3) is 0 Å². The highest BCUT2D eigenvalue weighted by Crippen LogP contribution is 2.59. The second-order valence-corrected chi connectivity index (χ2v) is 4.54. The van der Waals surface area contributed by atoms with Crippen LogP contribution in [0.25, 0.3) is 0 Å². The van der Waals surface area contributed by atoms with Gasteiger partial charge in [0, 0.05) is 0 Å². The molecule has 0 heterocycles. The van der Waals surface area contributed by atoms with E-state index in [0.29, 0.717) is 12.8 Å². The predicted octanol–water partition coefficient (Wildman–Crippen LogP) is 4.01. The lowest BCUT2D eigenvalue weighted by atomic mass is 9.58. The van der Waals surface area contributed by atoms with Gasteiger partial charge in [-0.25, -0.2) is 0 Å². The van der Waals surface area contributed by atoms with Crippen LogP contribution in [0.1, 0.15) is 40.0 Å². The predicted molar refractivity (Wildman–Crippen MR) is 46.3 cm³/mol. The van der Waals surface area contributed by atoms with Gasteiger partial charge in [-0.1, -0.05) is 27.2 Å². The van der Waals surface area contributed by atoms with Gasteiger partial charge in [-0.15, -0.1) is 0 Å². The fourth-order valence-corrected chi connectivity index (χ4v) is 2.19. The van der Waals surface area contributed by atoms with E-state index in [2.05, 4.69) is 0 Å². The number of hydrogen-bond donors (Lipinski definition) is 0. The van der Waals surface area contributed by atoms with Gasteiger partial charge in [-0.3, -0.25) is 0 Å². The van der Waals surface area contributed by atoms with Crippen molar-refractivity contribution >= 4 is 0 Å². The largest absolute Gasteiger partial charge is 0.394 e. The van der Waals surface area contributed by atoms with Crippen molar-refractivity contribution in [3.05, 3.63) is 0 Å². The van der Waals surface area contributed by atoms with E-state index in [1.54, 1.807) is 6.92 Å². The molecule has 1 aliphatic rings. The highest BCUT2D eigenvalue weighted by Gasteiger charge is 2.61. The van der Waals surface area contributed by atoms with Crippen LogP contribution in [0.15, 0.2) is 0 Å². The third kappa shape index (κ3) is 1.57. The van der Waals surface area contributed by atoms with Crippen LogP contribution in [0.4, 0.5) is 13.2 Å². The number of hydrogen-bond acceptors (Lipinski definition) is 0. The lowest BCUT2D eigenvalue weighted by Gasteiger charge is -2.49. The van der Waals surface area contributed by atoms with Crippen LogP contribution >= 0.6 is 0 Å². The van der Waals surface area contributed by atoms with E-state index < -0.39 is 11.6 Å². The highest BCUT2D eigenvalue weighted by atomic mass is 19.4. The van der Waals surface area contributed by atoms with Gasteiger partial charge in [0.2, 0.25) is 0 Å². The Bertz CT molecular complexity index is 177. The van der Waals surface area contributed by atoms with E-state index in [1.807, 2.05) is 13.8 Å². The third-order valence-corrected chi connectivity index (χ3v) is 3.68. The molecule has 0 N–H and O–H groups in total. The molecule has 0 nitrogen and oxygen atoms in total. The van der Waals surface area contributed by atoms with Gasteiger partial charge in [0.15, 0.2) is 0 Å². The third-order valence-electron chi connectivity index (χ3n) is 3.68. The van der Waals surface area contributed by atoms with Crippen molar-refractivity contribution < 1.29 is 13.2 Å². The Balaban J connectivity index is 2.82. The minimum absolute atomic E-state index is 0.113. The van der Waals surface area contributed by atoms with Gasteiger partial charge in [-0.2, -0.15) is 13.2 Å². The van der Waals surface area contributed by atoms with E-state index in [-0.39, 0.29) is 11.8 Å². The lowest BCUT2D eigenvalue weighted by molar-refractivity contribution is -0.273. The molecule has 13 heavy (non-hydrogen) atoms. The monoisotopic (exact) mass is 194 g/mol. The van der Waals surface area contributed by atoms with Crippen molar-refractivity contribution in [1.82, 2.24) is 0 Å². The Labute approximate surface area is 77.5 Å². The van der Waals surface area contributed by atoms with Crippen LogP contribution < -0.4 is 0 Å². The molecule has 1 unspecified atom stereocenters. The molecule has 0 bridgehead atoms. The number of rotatable bonds is 2. The summed E-state index contributed by atoms with van der Waals surface area (Å²) in [5.74, 6) is -0.136. The minimum Gasteiger partial charge on any atom is -0.170 e. The quantitative estimate of drug-likeness (QED) is 0.623. The minimum atomic E-state index is -4.01. The molecule has 1 saturated carbocycles. The molecule has 0 aromatic carbocycles. The summed E-state index contributed by atoms with van der Waals surface area (Å²) in [6.07, 6.45) is -2.61. The molecular weight excluding hydrogens is 177 g/mol. The first-order chi connectivity index (χ1) is 5.81. The van der Waals surface area contributed by atoms with Gasteiger partial charge >= 0.3 is 6.18 Å². The molecule has 0 aromatic heterocycles. The van der Waals surface area contributed by atoms with Crippen LogP contribution in [0.2, 0.25) is 0 Å². The Morgan fingerprint density at radius 2 is 1.54 bits per heavy atom. The van der Waals surface area contributed by atoms with Crippen LogP contribution in [0.5, 0.6) is 0 Å². The summed E-state index contributed by atoms with van der Waals surface area (Å²) in [5.41, 5.74) is -1.36. The number of halogens is 3. The molecule has 0 saturated heterocycles. The first-order valence-corrected chi connectivity index (χ1v) is 4.88. The molecule has 0 aliphatic heterocycles. The van der Waals surface area contributed by atoms with E-state index in [4.69, 9.17) is 0 Å². The summed E-state index contributed by atoms with van der Waals surface area (Å²) in [7, 11) is 0. The van der Waals surface area contributed by atoms with Gasteiger partial charge in [0.05, 0.1) is 5.41 Å². The standard InChI is InChI=1S/C10H17F3/c1-7(2)8(3)9(5-4-6-9)10(11,12)13/h7-8H,4-6H2,1-3H3. The Morgan fingerprint density at radius 3 is 1.62 bits per heavy atom. The summed E-state index contributed by atoms with van der Waals surface area (Å²) in [6, 6.07) is 0.